The highest BCUT2D eigenvalue weighted by molar-refractivity contribution is 6.30. The second-order valence-corrected chi connectivity index (χ2v) is 6.03. The highest BCUT2D eigenvalue weighted by Gasteiger charge is 2.27. The number of rotatable bonds is 5. The van der Waals surface area contributed by atoms with Crippen LogP contribution in [0.25, 0.3) is 5.57 Å². The molecule has 2 aliphatic rings. The summed E-state index contributed by atoms with van der Waals surface area (Å²) in [6.45, 7) is 3.05. The number of nitrogens with zero attached hydrogens (tertiary/aromatic N) is 4. The molecule has 0 bridgehead atoms. The fourth-order valence-electron chi connectivity index (χ4n) is 2.52. The number of unbranched alkanes of at least 4 members (excludes halogenated alkanes) is 2. The number of hydrogen-bond acceptors (Lipinski definition) is 4. The zero-order chi connectivity index (χ0) is 16.2. The Labute approximate surface area is 140 Å². The summed E-state index contributed by atoms with van der Waals surface area (Å²) >= 11 is 5.93. The van der Waals surface area contributed by atoms with Crippen LogP contribution in [0.1, 0.15) is 31.7 Å². The van der Waals surface area contributed by atoms with Crippen LogP contribution in [0, 0.1) is 0 Å². The zero-order valence-corrected chi connectivity index (χ0v) is 13.8. The lowest BCUT2D eigenvalue weighted by Gasteiger charge is -2.30. The average molecular weight is 331 g/mol. The summed E-state index contributed by atoms with van der Waals surface area (Å²) < 4.78 is 0. The van der Waals surface area contributed by atoms with Crippen molar-refractivity contribution in [2.45, 2.75) is 26.2 Å². The molecule has 6 heteroatoms. The predicted molar refractivity (Wildman–Crippen MR) is 93.3 cm³/mol. The lowest BCUT2D eigenvalue weighted by molar-refractivity contribution is -0.132. The molecule has 0 N–H and O–H groups in total. The van der Waals surface area contributed by atoms with E-state index in [0.717, 1.165) is 30.4 Å². The Morgan fingerprint density at radius 3 is 2.74 bits per heavy atom. The summed E-state index contributed by atoms with van der Waals surface area (Å²) in [5, 5.41) is 12.7. The molecule has 0 fully saturated rings. The maximum absolute atomic E-state index is 12.1. The number of hydrazone groups is 2. The average Bonchev–Trinajstić information content (AvgIpc) is 2.56. The number of amides is 1. The molecular formula is C17H19ClN4O. The molecule has 3 rings (SSSR count). The normalized spacial score (nSPS) is 17.0. The number of halogens is 1. The molecule has 0 spiro atoms. The number of carbonyl (C=O) groups excluding carboxylic acids is 1. The first kappa shape index (κ1) is 15.7. The van der Waals surface area contributed by atoms with E-state index >= 15 is 0 Å². The maximum atomic E-state index is 12.1. The van der Waals surface area contributed by atoms with E-state index in [1.54, 1.807) is 16.2 Å². The summed E-state index contributed by atoms with van der Waals surface area (Å²) in [6.07, 6.45) is 6.89. The molecule has 5 nitrogen and oxygen atoms in total. The third kappa shape index (κ3) is 3.62. The van der Waals surface area contributed by atoms with E-state index in [0.29, 0.717) is 17.4 Å². The number of amidine groups is 1. The number of fused-ring (bicyclic) bond motifs is 1. The highest BCUT2D eigenvalue weighted by atomic mass is 35.5. The quantitative estimate of drug-likeness (QED) is 0.777. The minimum atomic E-state index is -0.00894. The van der Waals surface area contributed by atoms with Gasteiger partial charge in [0.05, 0.1) is 6.21 Å². The Morgan fingerprint density at radius 1 is 1.22 bits per heavy atom. The van der Waals surface area contributed by atoms with Gasteiger partial charge in [0, 0.05) is 17.1 Å². The van der Waals surface area contributed by atoms with E-state index in [-0.39, 0.29) is 12.5 Å². The third-order valence-corrected chi connectivity index (χ3v) is 4.08. The monoisotopic (exact) mass is 330 g/mol. The van der Waals surface area contributed by atoms with Crippen LogP contribution < -0.4 is 0 Å². The lowest BCUT2D eigenvalue weighted by atomic mass is 10.1. The smallest absolute Gasteiger partial charge is 0.264 e. The van der Waals surface area contributed by atoms with E-state index in [1.807, 2.05) is 30.3 Å². The van der Waals surface area contributed by atoms with Crippen molar-refractivity contribution in [3.05, 3.63) is 40.9 Å². The van der Waals surface area contributed by atoms with Gasteiger partial charge in [-0.1, -0.05) is 43.5 Å². The molecule has 23 heavy (non-hydrogen) atoms. The van der Waals surface area contributed by atoms with Crippen molar-refractivity contribution in [1.82, 2.24) is 10.0 Å². The van der Waals surface area contributed by atoms with Crippen molar-refractivity contribution >= 4 is 35.1 Å². The highest BCUT2D eigenvalue weighted by Crippen LogP contribution is 2.21. The minimum absolute atomic E-state index is 0.00894. The molecule has 1 amide bonds. The fourth-order valence-corrected chi connectivity index (χ4v) is 2.65. The van der Waals surface area contributed by atoms with Gasteiger partial charge in [-0.05, 0) is 30.2 Å². The van der Waals surface area contributed by atoms with Gasteiger partial charge in [0.25, 0.3) is 5.91 Å². The van der Waals surface area contributed by atoms with Crippen LogP contribution in [-0.2, 0) is 4.79 Å². The molecule has 0 aromatic heterocycles. The third-order valence-electron chi connectivity index (χ3n) is 3.83. The van der Waals surface area contributed by atoms with Gasteiger partial charge in [-0.2, -0.15) is 10.2 Å². The second-order valence-electron chi connectivity index (χ2n) is 5.59. The molecule has 120 valence electrons. The van der Waals surface area contributed by atoms with Crippen molar-refractivity contribution < 1.29 is 4.79 Å². The largest absolute Gasteiger partial charge is 0.271 e. The van der Waals surface area contributed by atoms with E-state index in [1.165, 1.54) is 0 Å². The first-order valence-corrected chi connectivity index (χ1v) is 8.23. The summed E-state index contributed by atoms with van der Waals surface area (Å²) in [5.41, 5.74) is 1.98. The van der Waals surface area contributed by atoms with Crippen LogP contribution in [0.15, 0.2) is 40.5 Å². The Balaban J connectivity index is 1.81. The molecule has 2 aliphatic heterocycles. The molecule has 0 aliphatic carbocycles. The summed E-state index contributed by atoms with van der Waals surface area (Å²) in [6, 6.07) is 7.59. The summed E-state index contributed by atoms with van der Waals surface area (Å²) in [4.78, 5) is 12.1. The van der Waals surface area contributed by atoms with Gasteiger partial charge in [-0.25, -0.2) is 10.0 Å². The van der Waals surface area contributed by atoms with Gasteiger partial charge in [0.15, 0.2) is 5.84 Å². The molecule has 0 saturated heterocycles. The van der Waals surface area contributed by atoms with Crippen LogP contribution >= 0.6 is 11.6 Å². The number of hydrogen-bond donors (Lipinski definition) is 0. The van der Waals surface area contributed by atoms with Gasteiger partial charge in [-0.15, -0.1) is 0 Å². The van der Waals surface area contributed by atoms with Crippen molar-refractivity contribution in [2.24, 2.45) is 10.2 Å². The van der Waals surface area contributed by atoms with Crippen LogP contribution in [0.2, 0.25) is 5.02 Å². The number of allylic oxidation sites excluding steroid dienone is 1. The van der Waals surface area contributed by atoms with Gasteiger partial charge < -0.3 is 0 Å². The van der Waals surface area contributed by atoms with Gasteiger partial charge in [0.2, 0.25) is 0 Å². The molecule has 0 saturated carbocycles. The molecule has 0 radical (unpaired) electrons. The van der Waals surface area contributed by atoms with Gasteiger partial charge >= 0.3 is 0 Å². The number of carbonyl (C=O) groups is 1. The SMILES string of the molecule is CCCCCN1N=C2C=C(c3ccc(Cl)cc3)C=NN2CC1=O. The molecule has 0 unspecified atom stereocenters. The fraction of sp³-hybridized carbons (Fsp3) is 0.353. The lowest BCUT2D eigenvalue weighted by Crippen LogP contribution is -2.45. The molecular weight excluding hydrogens is 312 g/mol. The predicted octanol–water partition coefficient (Wildman–Crippen LogP) is 3.37. The standard InChI is InChI=1S/C17H19ClN4O/c1-2-3-4-9-21-17(23)12-22-16(20-21)10-14(11-19-22)13-5-7-15(18)8-6-13/h5-8,10-11H,2-4,9,12H2,1H3. The summed E-state index contributed by atoms with van der Waals surface area (Å²) in [5.74, 6) is 0.693. The summed E-state index contributed by atoms with van der Waals surface area (Å²) in [7, 11) is 0. The van der Waals surface area contributed by atoms with Crippen LogP contribution in [0.4, 0.5) is 0 Å². The van der Waals surface area contributed by atoms with Crippen LogP contribution in [0.5, 0.6) is 0 Å². The van der Waals surface area contributed by atoms with Crippen molar-refractivity contribution in [3.63, 3.8) is 0 Å². The van der Waals surface area contributed by atoms with E-state index in [9.17, 15) is 4.79 Å². The topological polar surface area (TPSA) is 48.3 Å². The van der Waals surface area contributed by atoms with Crippen LogP contribution in [0.3, 0.4) is 0 Å². The molecule has 1 aromatic rings. The van der Waals surface area contributed by atoms with Gasteiger partial charge in [0.1, 0.15) is 6.54 Å². The van der Waals surface area contributed by atoms with E-state index in [4.69, 9.17) is 11.6 Å². The minimum Gasteiger partial charge on any atom is -0.271 e. The zero-order valence-electron chi connectivity index (χ0n) is 13.1. The van der Waals surface area contributed by atoms with E-state index < -0.39 is 0 Å². The van der Waals surface area contributed by atoms with Crippen LogP contribution in [-0.4, -0.2) is 41.1 Å². The van der Waals surface area contributed by atoms with E-state index in [2.05, 4.69) is 17.1 Å². The van der Waals surface area contributed by atoms with Crippen molar-refractivity contribution in [2.75, 3.05) is 13.1 Å². The Morgan fingerprint density at radius 2 is 2.00 bits per heavy atom. The van der Waals surface area contributed by atoms with Crippen molar-refractivity contribution in [1.29, 1.82) is 0 Å². The first-order valence-electron chi connectivity index (χ1n) is 7.85. The Kier molecular flexibility index (Phi) is 4.76. The maximum Gasteiger partial charge on any atom is 0.264 e. The van der Waals surface area contributed by atoms with Gasteiger partial charge in [-0.3, -0.25) is 4.79 Å². The number of benzene rings is 1. The molecule has 1 aromatic carbocycles. The Hall–Kier alpha value is -2.14. The second kappa shape index (κ2) is 6.96. The Bertz CT molecular complexity index is 678. The van der Waals surface area contributed by atoms with Crippen molar-refractivity contribution in [3.8, 4) is 0 Å². The molecule has 0 atom stereocenters. The molecule has 2 heterocycles. The first-order chi connectivity index (χ1) is 11.2.